The van der Waals surface area contributed by atoms with Crippen LogP contribution in [0.1, 0.15) is 62.5 Å². The van der Waals surface area contributed by atoms with Crippen molar-refractivity contribution >= 4 is 11.8 Å². The topological polar surface area (TPSA) is 49.4 Å². The SMILES string of the molecule is CCCC(=O)N1CCC[C@H]1C(=O)NCc1ccc(C2CC2)cc1. The number of rotatable bonds is 6. The lowest BCUT2D eigenvalue weighted by atomic mass is 10.1. The van der Waals surface area contributed by atoms with Gasteiger partial charge in [0.25, 0.3) is 0 Å². The van der Waals surface area contributed by atoms with Gasteiger partial charge >= 0.3 is 0 Å². The number of hydrogen-bond acceptors (Lipinski definition) is 2. The molecule has 0 spiro atoms. The Morgan fingerprint density at radius 2 is 1.91 bits per heavy atom. The molecule has 23 heavy (non-hydrogen) atoms. The Morgan fingerprint density at radius 3 is 2.57 bits per heavy atom. The molecule has 1 N–H and O–H groups in total. The van der Waals surface area contributed by atoms with Gasteiger partial charge in [-0.05, 0) is 49.1 Å². The van der Waals surface area contributed by atoms with E-state index in [-0.39, 0.29) is 17.9 Å². The van der Waals surface area contributed by atoms with Crippen LogP contribution in [0.2, 0.25) is 0 Å². The van der Waals surface area contributed by atoms with E-state index < -0.39 is 0 Å². The van der Waals surface area contributed by atoms with E-state index in [0.717, 1.165) is 30.7 Å². The van der Waals surface area contributed by atoms with Gasteiger partial charge < -0.3 is 10.2 Å². The largest absolute Gasteiger partial charge is 0.350 e. The van der Waals surface area contributed by atoms with Crippen LogP contribution in [0.15, 0.2) is 24.3 Å². The minimum Gasteiger partial charge on any atom is -0.350 e. The van der Waals surface area contributed by atoms with Gasteiger partial charge in [-0.3, -0.25) is 9.59 Å². The fraction of sp³-hybridized carbons (Fsp3) is 0.579. The second kappa shape index (κ2) is 7.16. The number of nitrogens with one attached hydrogen (secondary N) is 1. The van der Waals surface area contributed by atoms with Crippen LogP contribution < -0.4 is 5.32 Å². The normalized spacial score (nSPS) is 20.6. The van der Waals surface area contributed by atoms with Crippen LogP contribution >= 0.6 is 0 Å². The van der Waals surface area contributed by atoms with E-state index in [1.54, 1.807) is 4.90 Å². The predicted octanol–water partition coefficient (Wildman–Crippen LogP) is 2.97. The summed E-state index contributed by atoms with van der Waals surface area (Å²) in [5.74, 6) is 0.854. The molecule has 1 aliphatic heterocycles. The van der Waals surface area contributed by atoms with Gasteiger partial charge in [-0.1, -0.05) is 31.2 Å². The Hall–Kier alpha value is -1.84. The summed E-state index contributed by atoms with van der Waals surface area (Å²) in [5.41, 5.74) is 2.53. The fourth-order valence-corrected chi connectivity index (χ4v) is 3.33. The average molecular weight is 314 g/mol. The van der Waals surface area contributed by atoms with E-state index in [1.165, 1.54) is 18.4 Å². The maximum Gasteiger partial charge on any atom is 0.243 e. The van der Waals surface area contributed by atoms with Gasteiger partial charge in [-0.2, -0.15) is 0 Å². The van der Waals surface area contributed by atoms with E-state index in [9.17, 15) is 9.59 Å². The van der Waals surface area contributed by atoms with Crippen LogP contribution in [0.5, 0.6) is 0 Å². The van der Waals surface area contributed by atoms with Crippen molar-refractivity contribution in [1.29, 1.82) is 0 Å². The molecular weight excluding hydrogens is 288 g/mol. The van der Waals surface area contributed by atoms with Gasteiger partial charge in [0.05, 0.1) is 0 Å². The minimum absolute atomic E-state index is 0.0155. The molecular formula is C19H26N2O2. The van der Waals surface area contributed by atoms with E-state index >= 15 is 0 Å². The molecule has 0 aromatic heterocycles. The molecule has 1 heterocycles. The Kier molecular flexibility index (Phi) is 4.99. The first kappa shape index (κ1) is 16.0. The molecule has 3 rings (SSSR count). The molecule has 4 nitrogen and oxygen atoms in total. The third-order valence-electron chi connectivity index (χ3n) is 4.83. The fourth-order valence-electron chi connectivity index (χ4n) is 3.33. The number of likely N-dealkylation sites (tertiary alicyclic amines) is 1. The highest BCUT2D eigenvalue weighted by atomic mass is 16.2. The molecule has 0 radical (unpaired) electrons. The van der Waals surface area contributed by atoms with Crippen molar-refractivity contribution in [3.05, 3.63) is 35.4 Å². The second-order valence-electron chi connectivity index (χ2n) is 6.73. The second-order valence-corrected chi connectivity index (χ2v) is 6.73. The number of hydrogen-bond donors (Lipinski definition) is 1. The zero-order valence-electron chi connectivity index (χ0n) is 13.9. The zero-order chi connectivity index (χ0) is 16.2. The standard InChI is InChI=1S/C19H26N2O2/c1-2-4-18(22)21-12-3-5-17(21)19(23)20-13-14-6-8-15(9-7-14)16-10-11-16/h6-9,16-17H,2-5,10-13H2,1H3,(H,20,23)/t17-/m0/s1. The highest BCUT2D eigenvalue weighted by molar-refractivity contribution is 5.88. The van der Waals surface area contributed by atoms with Crippen LogP contribution in [-0.2, 0) is 16.1 Å². The Bertz CT molecular complexity index is 563. The van der Waals surface area contributed by atoms with E-state index in [4.69, 9.17) is 0 Å². The van der Waals surface area contributed by atoms with Gasteiger partial charge in [0, 0.05) is 19.5 Å². The predicted molar refractivity (Wildman–Crippen MR) is 89.9 cm³/mol. The van der Waals surface area contributed by atoms with Crippen molar-refractivity contribution < 1.29 is 9.59 Å². The highest BCUT2D eigenvalue weighted by Crippen LogP contribution is 2.39. The monoisotopic (exact) mass is 314 g/mol. The molecule has 4 heteroatoms. The van der Waals surface area contributed by atoms with E-state index in [1.807, 2.05) is 6.92 Å². The summed E-state index contributed by atoms with van der Waals surface area (Å²) < 4.78 is 0. The lowest BCUT2D eigenvalue weighted by Crippen LogP contribution is -2.45. The molecule has 2 aliphatic rings. The van der Waals surface area contributed by atoms with Gasteiger partial charge in [-0.25, -0.2) is 0 Å². The third kappa shape index (κ3) is 3.92. The molecule has 124 valence electrons. The van der Waals surface area contributed by atoms with Crippen LogP contribution in [0.25, 0.3) is 0 Å². The van der Waals surface area contributed by atoms with Gasteiger partial charge in [0.15, 0.2) is 0 Å². The van der Waals surface area contributed by atoms with Gasteiger partial charge in [0.2, 0.25) is 11.8 Å². The summed E-state index contributed by atoms with van der Waals surface area (Å²) in [6.45, 7) is 3.25. The molecule has 2 fully saturated rings. The Labute approximate surface area is 138 Å². The number of nitrogens with zero attached hydrogens (tertiary/aromatic N) is 1. The van der Waals surface area contributed by atoms with Crippen molar-refractivity contribution in [3.8, 4) is 0 Å². The average Bonchev–Trinajstić information content (AvgIpc) is 3.29. The summed E-state index contributed by atoms with van der Waals surface area (Å²) in [7, 11) is 0. The third-order valence-corrected chi connectivity index (χ3v) is 4.83. The van der Waals surface area contributed by atoms with E-state index in [0.29, 0.717) is 19.5 Å². The Morgan fingerprint density at radius 1 is 1.17 bits per heavy atom. The quantitative estimate of drug-likeness (QED) is 0.877. The molecule has 1 atom stereocenters. The lowest BCUT2D eigenvalue weighted by Gasteiger charge is -2.24. The van der Waals surface area contributed by atoms with Gasteiger partial charge in [0.1, 0.15) is 6.04 Å². The molecule has 0 unspecified atom stereocenters. The van der Waals surface area contributed by atoms with Gasteiger partial charge in [-0.15, -0.1) is 0 Å². The van der Waals surface area contributed by atoms with Crippen LogP contribution in [0.3, 0.4) is 0 Å². The number of amides is 2. The molecule has 1 aromatic carbocycles. The number of benzene rings is 1. The van der Waals surface area contributed by atoms with E-state index in [2.05, 4.69) is 29.6 Å². The molecule has 1 aromatic rings. The minimum atomic E-state index is -0.278. The number of carbonyl (C=O) groups excluding carboxylic acids is 2. The summed E-state index contributed by atoms with van der Waals surface area (Å²) in [4.78, 5) is 26.3. The summed E-state index contributed by atoms with van der Waals surface area (Å²) in [6, 6.07) is 8.27. The molecule has 2 amide bonds. The van der Waals surface area contributed by atoms with Crippen LogP contribution in [0, 0.1) is 0 Å². The first-order valence-corrected chi connectivity index (χ1v) is 8.85. The maximum atomic E-state index is 12.4. The maximum absolute atomic E-state index is 12.4. The van der Waals surface area contributed by atoms with Crippen molar-refractivity contribution in [2.45, 2.75) is 64.0 Å². The molecule has 0 bridgehead atoms. The van der Waals surface area contributed by atoms with Crippen LogP contribution in [0.4, 0.5) is 0 Å². The highest BCUT2D eigenvalue weighted by Gasteiger charge is 2.33. The molecule has 1 saturated carbocycles. The summed E-state index contributed by atoms with van der Waals surface area (Å²) in [5, 5.41) is 3.00. The molecule has 1 saturated heterocycles. The Balaban J connectivity index is 1.52. The first-order chi connectivity index (χ1) is 11.2. The first-order valence-electron chi connectivity index (χ1n) is 8.85. The molecule has 1 aliphatic carbocycles. The number of carbonyl (C=O) groups is 2. The lowest BCUT2D eigenvalue weighted by molar-refractivity contribution is -0.138. The smallest absolute Gasteiger partial charge is 0.243 e. The van der Waals surface area contributed by atoms with Crippen molar-refractivity contribution in [2.75, 3.05) is 6.54 Å². The summed E-state index contributed by atoms with van der Waals surface area (Å²) in [6.07, 6.45) is 5.67. The van der Waals surface area contributed by atoms with Crippen molar-refractivity contribution in [1.82, 2.24) is 10.2 Å². The van der Waals surface area contributed by atoms with Crippen molar-refractivity contribution in [3.63, 3.8) is 0 Å². The van der Waals surface area contributed by atoms with Crippen molar-refractivity contribution in [2.24, 2.45) is 0 Å². The van der Waals surface area contributed by atoms with Crippen LogP contribution in [-0.4, -0.2) is 29.3 Å². The zero-order valence-corrected chi connectivity index (χ0v) is 13.9. The summed E-state index contributed by atoms with van der Waals surface area (Å²) >= 11 is 0.